The lowest BCUT2D eigenvalue weighted by Gasteiger charge is -2.15. The predicted octanol–water partition coefficient (Wildman–Crippen LogP) is 3.77. The van der Waals surface area contributed by atoms with Crippen molar-refractivity contribution < 1.29 is 14.6 Å². The maximum absolute atomic E-state index is 9.21. The number of ether oxygens (including phenoxy) is 2. The van der Waals surface area contributed by atoms with Crippen LogP contribution in [-0.2, 0) is 13.2 Å². The number of rotatable bonds is 6. The Bertz CT molecular complexity index is 585. The predicted molar refractivity (Wildman–Crippen MR) is 83.8 cm³/mol. The summed E-state index contributed by atoms with van der Waals surface area (Å²) in [7, 11) is 0. The highest BCUT2D eigenvalue weighted by atomic mass is 16.5. The highest BCUT2D eigenvalue weighted by Gasteiger charge is 2.08. The molecule has 0 heterocycles. The lowest BCUT2D eigenvalue weighted by molar-refractivity contribution is 0.263. The number of aliphatic hydroxyl groups is 1. The molecule has 2 aromatic rings. The van der Waals surface area contributed by atoms with E-state index in [0.717, 1.165) is 5.56 Å². The smallest absolute Gasteiger partial charge is 0.161 e. The van der Waals surface area contributed by atoms with E-state index in [0.29, 0.717) is 24.7 Å². The minimum Gasteiger partial charge on any atom is -0.490 e. The van der Waals surface area contributed by atoms with Gasteiger partial charge in [-0.1, -0.05) is 24.3 Å². The first-order chi connectivity index (χ1) is 10.2. The molecule has 0 spiro atoms. The van der Waals surface area contributed by atoms with E-state index in [1.807, 2.05) is 25.1 Å². The third-order valence-electron chi connectivity index (χ3n) is 3.51. The summed E-state index contributed by atoms with van der Waals surface area (Å²) in [6, 6.07) is 11.8. The third-order valence-corrected chi connectivity index (χ3v) is 3.51. The van der Waals surface area contributed by atoms with Crippen LogP contribution < -0.4 is 9.47 Å². The molecule has 2 rings (SSSR count). The molecule has 0 amide bonds. The molecule has 1 N–H and O–H groups in total. The van der Waals surface area contributed by atoms with Gasteiger partial charge in [-0.15, -0.1) is 0 Å². The molecule has 112 valence electrons. The molecule has 0 saturated carbocycles. The second-order valence-electron chi connectivity index (χ2n) is 5.03. The van der Waals surface area contributed by atoms with Gasteiger partial charge in [0, 0.05) is 0 Å². The summed E-state index contributed by atoms with van der Waals surface area (Å²) in [6.07, 6.45) is 0. The average molecular weight is 286 g/mol. The van der Waals surface area contributed by atoms with Crippen molar-refractivity contribution in [3.05, 3.63) is 58.7 Å². The Hall–Kier alpha value is -2.00. The van der Waals surface area contributed by atoms with Crippen molar-refractivity contribution in [2.75, 3.05) is 6.61 Å². The van der Waals surface area contributed by atoms with Crippen LogP contribution >= 0.6 is 0 Å². The lowest BCUT2D eigenvalue weighted by Crippen LogP contribution is -2.03. The molecule has 0 fully saturated rings. The van der Waals surface area contributed by atoms with Crippen molar-refractivity contribution >= 4 is 0 Å². The molecule has 0 saturated heterocycles. The van der Waals surface area contributed by atoms with Crippen molar-refractivity contribution in [3.63, 3.8) is 0 Å². The summed E-state index contributed by atoms with van der Waals surface area (Å²) < 4.78 is 11.5. The first kappa shape index (κ1) is 15.4. The zero-order valence-electron chi connectivity index (χ0n) is 12.8. The van der Waals surface area contributed by atoms with Gasteiger partial charge in [0.15, 0.2) is 11.5 Å². The van der Waals surface area contributed by atoms with E-state index in [9.17, 15) is 5.11 Å². The Balaban J connectivity index is 2.19. The summed E-state index contributed by atoms with van der Waals surface area (Å²) in [5, 5.41) is 9.21. The van der Waals surface area contributed by atoms with Crippen LogP contribution in [0.3, 0.4) is 0 Å². The molecular formula is C18H22O3. The molecule has 0 bridgehead atoms. The number of aryl methyl sites for hydroxylation is 2. The van der Waals surface area contributed by atoms with Crippen LogP contribution in [0.2, 0.25) is 0 Å². The molecule has 3 nitrogen and oxygen atoms in total. The molecule has 0 atom stereocenters. The second kappa shape index (κ2) is 7.14. The van der Waals surface area contributed by atoms with Crippen LogP contribution in [0.25, 0.3) is 0 Å². The van der Waals surface area contributed by atoms with Gasteiger partial charge >= 0.3 is 0 Å². The minimum absolute atomic E-state index is 0.00272. The summed E-state index contributed by atoms with van der Waals surface area (Å²) in [5.41, 5.74) is 4.46. The van der Waals surface area contributed by atoms with Crippen LogP contribution in [0.4, 0.5) is 0 Å². The summed E-state index contributed by atoms with van der Waals surface area (Å²) in [5.74, 6) is 1.38. The van der Waals surface area contributed by atoms with E-state index >= 15 is 0 Å². The number of hydrogen-bond donors (Lipinski definition) is 1. The van der Waals surface area contributed by atoms with Crippen molar-refractivity contribution in [2.45, 2.75) is 34.0 Å². The normalized spacial score (nSPS) is 10.5. The zero-order chi connectivity index (χ0) is 15.2. The number of hydrogen-bond acceptors (Lipinski definition) is 3. The Morgan fingerprint density at radius 2 is 1.67 bits per heavy atom. The van der Waals surface area contributed by atoms with Crippen molar-refractivity contribution in [1.29, 1.82) is 0 Å². The Kier molecular flexibility index (Phi) is 5.23. The quantitative estimate of drug-likeness (QED) is 0.878. The van der Waals surface area contributed by atoms with E-state index in [1.54, 1.807) is 0 Å². The van der Waals surface area contributed by atoms with Crippen molar-refractivity contribution in [1.82, 2.24) is 0 Å². The van der Waals surface area contributed by atoms with E-state index in [1.165, 1.54) is 16.7 Å². The molecule has 2 aromatic carbocycles. The first-order valence-electron chi connectivity index (χ1n) is 7.20. The van der Waals surface area contributed by atoms with Gasteiger partial charge in [-0.05, 0) is 55.2 Å². The Labute approximate surface area is 126 Å². The number of aliphatic hydroxyl groups excluding tert-OH is 1. The van der Waals surface area contributed by atoms with Crippen LogP contribution in [0.15, 0.2) is 36.4 Å². The maximum Gasteiger partial charge on any atom is 0.161 e. The monoisotopic (exact) mass is 286 g/mol. The fourth-order valence-corrected chi connectivity index (χ4v) is 2.26. The van der Waals surface area contributed by atoms with Gasteiger partial charge in [0.05, 0.1) is 13.2 Å². The summed E-state index contributed by atoms with van der Waals surface area (Å²) in [4.78, 5) is 0. The largest absolute Gasteiger partial charge is 0.490 e. The number of benzene rings is 2. The third kappa shape index (κ3) is 3.76. The van der Waals surface area contributed by atoms with Gasteiger partial charge in [0.2, 0.25) is 0 Å². The minimum atomic E-state index is -0.00272. The average Bonchev–Trinajstić information content (AvgIpc) is 2.48. The molecule has 21 heavy (non-hydrogen) atoms. The SMILES string of the molecule is CCOc1cc(CO)ccc1OCc1c(C)cccc1C. The summed E-state index contributed by atoms with van der Waals surface area (Å²) >= 11 is 0. The fourth-order valence-electron chi connectivity index (χ4n) is 2.26. The molecular weight excluding hydrogens is 264 g/mol. The van der Waals surface area contributed by atoms with Gasteiger partial charge in [0.25, 0.3) is 0 Å². The molecule has 0 aliphatic heterocycles. The standard InChI is InChI=1S/C18H22O3/c1-4-20-18-10-15(11-19)8-9-17(18)21-12-16-13(2)6-5-7-14(16)3/h5-10,19H,4,11-12H2,1-3H3. The molecule has 3 heteroatoms. The molecule has 0 aliphatic carbocycles. The molecule has 0 aromatic heterocycles. The van der Waals surface area contributed by atoms with Gasteiger partial charge in [-0.25, -0.2) is 0 Å². The zero-order valence-corrected chi connectivity index (χ0v) is 12.8. The van der Waals surface area contributed by atoms with Crippen LogP contribution in [0.5, 0.6) is 11.5 Å². The highest BCUT2D eigenvalue weighted by Crippen LogP contribution is 2.30. The van der Waals surface area contributed by atoms with E-state index in [-0.39, 0.29) is 6.61 Å². The van der Waals surface area contributed by atoms with Crippen molar-refractivity contribution in [2.24, 2.45) is 0 Å². The van der Waals surface area contributed by atoms with E-state index < -0.39 is 0 Å². The summed E-state index contributed by atoms with van der Waals surface area (Å²) in [6.45, 7) is 7.18. The van der Waals surface area contributed by atoms with Gasteiger partial charge in [-0.3, -0.25) is 0 Å². The second-order valence-corrected chi connectivity index (χ2v) is 5.03. The van der Waals surface area contributed by atoms with Gasteiger partial charge < -0.3 is 14.6 Å². The van der Waals surface area contributed by atoms with Crippen LogP contribution in [0, 0.1) is 13.8 Å². The van der Waals surface area contributed by atoms with Gasteiger partial charge in [0.1, 0.15) is 6.61 Å². The van der Waals surface area contributed by atoms with E-state index in [4.69, 9.17) is 9.47 Å². The Morgan fingerprint density at radius 3 is 2.29 bits per heavy atom. The highest BCUT2D eigenvalue weighted by molar-refractivity contribution is 5.43. The van der Waals surface area contributed by atoms with E-state index in [2.05, 4.69) is 32.0 Å². The topological polar surface area (TPSA) is 38.7 Å². The fraction of sp³-hybridized carbons (Fsp3) is 0.333. The molecule has 0 aliphatic rings. The first-order valence-corrected chi connectivity index (χ1v) is 7.20. The van der Waals surface area contributed by atoms with Crippen LogP contribution in [-0.4, -0.2) is 11.7 Å². The van der Waals surface area contributed by atoms with Gasteiger partial charge in [-0.2, -0.15) is 0 Å². The molecule has 0 unspecified atom stereocenters. The Morgan fingerprint density at radius 1 is 0.952 bits per heavy atom. The maximum atomic E-state index is 9.21. The lowest BCUT2D eigenvalue weighted by atomic mass is 10.0. The van der Waals surface area contributed by atoms with Crippen LogP contribution in [0.1, 0.15) is 29.2 Å². The molecule has 0 radical (unpaired) electrons. The van der Waals surface area contributed by atoms with Crippen molar-refractivity contribution in [3.8, 4) is 11.5 Å².